The fraction of sp³-hybridized carbons (Fsp3) is 0.750. The van der Waals surface area contributed by atoms with Crippen molar-refractivity contribution in [3.63, 3.8) is 0 Å². The lowest BCUT2D eigenvalue weighted by atomic mass is 10.1. The molecule has 6 nitrogen and oxygen atoms in total. The van der Waals surface area contributed by atoms with E-state index in [0.717, 1.165) is 0 Å². The Hall–Kier alpha value is -1.59. The molecule has 0 aliphatic heterocycles. The van der Waals surface area contributed by atoms with Gasteiger partial charge in [0.1, 0.15) is 5.41 Å². The van der Waals surface area contributed by atoms with Crippen molar-refractivity contribution >= 4 is 17.8 Å². The molecule has 2 amide bonds. The molecule has 0 saturated heterocycles. The Bertz CT molecular complexity index is 348. The normalized spacial score (nSPS) is 16.2. The van der Waals surface area contributed by atoms with Gasteiger partial charge < -0.3 is 15.7 Å². The summed E-state index contributed by atoms with van der Waals surface area (Å²) in [5.74, 6) is -1.31. The number of carboxylic acids is 1. The number of rotatable bonds is 7. The predicted octanol–water partition coefficient (Wildman–Crippen LogP) is 0.130. The highest BCUT2D eigenvalue weighted by molar-refractivity contribution is 6.04. The molecule has 0 heterocycles. The molecule has 1 saturated carbocycles. The third-order valence-corrected chi connectivity index (χ3v) is 2.94. The van der Waals surface area contributed by atoms with Crippen LogP contribution in [0.25, 0.3) is 0 Å². The van der Waals surface area contributed by atoms with E-state index in [0.29, 0.717) is 25.3 Å². The fourth-order valence-electron chi connectivity index (χ4n) is 1.53. The number of carboxylic acid groups (broad SMARTS) is 1. The van der Waals surface area contributed by atoms with E-state index in [2.05, 4.69) is 10.6 Å². The van der Waals surface area contributed by atoms with E-state index in [1.54, 1.807) is 0 Å². The third kappa shape index (κ3) is 3.72. The van der Waals surface area contributed by atoms with Crippen LogP contribution in [-0.2, 0) is 14.4 Å². The average Bonchev–Trinajstić information content (AvgIpc) is 3.07. The van der Waals surface area contributed by atoms with Crippen molar-refractivity contribution in [2.75, 3.05) is 13.1 Å². The highest BCUT2D eigenvalue weighted by Gasteiger charge is 2.56. The molecular weight excluding hydrogens is 236 g/mol. The number of amides is 2. The van der Waals surface area contributed by atoms with Gasteiger partial charge in [0.25, 0.3) is 0 Å². The summed E-state index contributed by atoms with van der Waals surface area (Å²) in [6.07, 6.45) is 0.940. The largest absolute Gasteiger partial charge is 0.480 e. The first-order valence-electron chi connectivity index (χ1n) is 6.17. The van der Waals surface area contributed by atoms with Gasteiger partial charge in [0.2, 0.25) is 11.8 Å². The van der Waals surface area contributed by atoms with E-state index in [-0.39, 0.29) is 18.9 Å². The van der Waals surface area contributed by atoms with Gasteiger partial charge in [0.15, 0.2) is 0 Å². The Morgan fingerprint density at radius 1 is 1.22 bits per heavy atom. The summed E-state index contributed by atoms with van der Waals surface area (Å²) in [4.78, 5) is 33.8. The lowest BCUT2D eigenvalue weighted by molar-refractivity contribution is -0.149. The zero-order chi connectivity index (χ0) is 13.8. The standard InChI is InChI=1S/C12H20N2O4/c1-8(2)7-14-9(15)3-6-13-10(16)12(4-5-12)11(17)18/h8H,3-7H2,1-2H3,(H,13,16)(H,14,15)(H,17,18). The van der Waals surface area contributed by atoms with Crippen LogP contribution >= 0.6 is 0 Å². The molecule has 0 aromatic rings. The van der Waals surface area contributed by atoms with Crippen LogP contribution in [0, 0.1) is 11.3 Å². The first-order chi connectivity index (χ1) is 8.38. The Morgan fingerprint density at radius 3 is 2.28 bits per heavy atom. The van der Waals surface area contributed by atoms with Crippen molar-refractivity contribution in [1.29, 1.82) is 0 Å². The summed E-state index contributed by atoms with van der Waals surface area (Å²) in [7, 11) is 0. The second kappa shape index (κ2) is 5.84. The summed E-state index contributed by atoms with van der Waals surface area (Å²) in [5, 5.41) is 14.1. The average molecular weight is 256 g/mol. The van der Waals surface area contributed by atoms with Crippen molar-refractivity contribution in [1.82, 2.24) is 10.6 Å². The van der Waals surface area contributed by atoms with Gasteiger partial charge in [-0.3, -0.25) is 14.4 Å². The van der Waals surface area contributed by atoms with E-state index >= 15 is 0 Å². The molecule has 6 heteroatoms. The van der Waals surface area contributed by atoms with Gasteiger partial charge in [0, 0.05) is 19.5 Å². The molecule has 1 fully saturated rings. The molecule has 0 bridgehead atoms. The number of carbonyl (C=O) groups is 3. The highest BCUT2D eigenvalue weighted by atomic mass is 16.4. The molecule has 1 rings (SSSR count). The molecule has 0 spiro atoms. The number of aliphatic carboxylic acids is 1. The smallest absolute Gasteiger partial charge is 0.319 e. The Morgan fingerprint density at radius 2 is 1.83 bits per heavy atom. The maximum absolute atomic E-state index is 11.6. The minimum atomic E-state index is -1.23. The summed E-state index contributed by atoms with van der Waals surface area (Å²) in [6, 6.07) is 0. The highest BCUT2D eigenvalue weighted by Crippen LogP contribution is 2.45. The molecule has 18 heavy (non-hydrogen) atoms. The number of nitrogens with one attached hydrogen (secondary N) is 2. The molecular formula is C12H20N2O4. The van der Waals surface area contributed by atoms with E-state index in [4.69, 9.17) is 5.11 Å². The van der Waals surface area contributed by atoms with Crippen LogP contribution in [0.1, 0.15) is 33.1 Å². The minimum Gasteiger partial charge on any atom is -0.480 e. The zero-order valence-electron chi connectivity index (χ0n) is 10.8. The molecule has 1 aliphatic rings. The van der Waals surface area contributed by atoms with Gasteiger partial charge >= 0.3 is 5.97 Å². The molecule has 0 unspecified atom stereocenters. The summed E-state index contributed by atoms with van der Waals surface area (Å²) >= 11 is 0. The minimum absolute atomic E-state index is 0.135. The monoisotopic (exact) mass is 256 g/mol. The van der Waals surface area contributed by atoms with Gasteiger partial charge in [-0.15, -0.1) is 0 Å². The first-order valence-corrected chi connectivity index (χ1v) is 6.17. The lowest BCUT2D eigenvalue weighted by Crippen LogP contribution is -2.39. The second-order valence-electron chi connectivity index (χ2n) is 5.09. The van der Waals surface area contributed by atoms with E-state index in [1.165, 1.54) is 0 Å². The maximum Gasteiger partial charge on any atom is 0.319 e. The van der Waals surface area contributed by atoms with Crippen molar-refractivity contribution in [2.45, 2.75) is 33.1 Å². The molecule has 0 aromatic heterocycles. The van der Waals surface area contributed by atoms with Gasteiger partial charge in [-0.25, -0.2) is 0 Å². The van der Waals surface area contributed by atoms with Crippen LogP contribution in [0.15, 0.2) is 0 Å². The van der Waals surface area contributed by atoms with Crippen LogP contribution in [0.5, 0.6) is 0 Å². The van der Waals surface area contributed by atoms with Crippen LogP contribution in [0.2, 0.25) is 0 Å². The molecule has 0 aromatic carbocycles. The van der Waals surface area contributed by atoms with Gasteiger partial charge in [-0.2, -0.15) is 0 Å². The van der Waals surface area contributed by atoms with Crippen molar-refractivity contribution in [3.05, 3.63) is 0 Å². The molecule has 102 valence electrons. The van der Waals surface area contributed by atoms with Crippen molar-refractivity contribution < 1.29 is 19.5 Å². The van der Waals surface area contributed by atoms with E-state index in [1.807, 2.05) is 13.8 Å². The fourth-order valence-corrected chi connectivity index (χ4v) is 1.53. The van der Waals surface area contributed by atoms with Gasteiger partial charge in [0.05, 0.1) is 0 Å². The number of hydrogen-bond donors (Lipinski definition) is 3. The van der Waals surface area contributed by atoms with Crippen molar-refractivity contribution in [3.8, 4) is 0 Å². The molecule has 3 N–H and O–H groups in total. The molecule has 1 aliphatic carbocycles. The zero-order valence-corrected chi connectivity index (χ0v) is 10.8. The molecule has 0 atom stereocenters. The number of hydrogen-bond acceptors (Lipinski definition) is 3. The summed E-state index contributed by atoms with van der Waals surface area (Å²) in [5.41, 5.74) is -1.23. The SMILES string of the molecule is CC(C)CNC(=O)CCNC(=O)C1(C(=O)O)CC1. The lowest BCUT2D eigenvalue weighted by Gasteiger charge is -2.11. The number of carbonyl (C=O) groups excluding carboxylic acids is 2. The Balaban J connectivity index is 2.20. The second-order valence-corrected chi connectivity index (χ2v) is 5.09. The first kappa shape index (κ1) is 14.5. The van der Waals surface area contributed by atoms with Crippen LogP contribution in [0.3, 0.4) is 0 Å². The van der Waals surface area contributed by atoms with Gasteiger partial charge in [-0.1, -0.05) is 13.8 Å². The van der Waals surface area contributed by atoms with E-state index < -0.39 is 17.3 Å². The van der Waals surface area contributed by atoms with Crippen LogP contribution < -0.4 is 10.6 Å². The topological polar surface area (TPSA) is 95.5 Å². The van der Waals surface area contributed by atoms with Crippen molar-refractivity contribution in [2.24, 2.45) is 11.3 Å². The van der Waals surface area contributed by atoms with Crippen LogP contribution in [-0.4, -0.2) is 36.0 Å². The van der Waals surface area contributed by atoms with E-state index in [9.17, 15) is 14.4 Å². The quantitative estimate of drug-likeness (QED) is 0.564. The predicted molar refractivity (Wildman–Crippen MR) is 64.8 cm³/mol. The summed E-state index contributed by atoms with van der Waals surface area (Å²) in [6.45, 7) is 4.77. The Labute approximate surface area is 106 Å². The third-order valence-electron chi connectivity index (χ3n) is 2.94. The molecule has 0 radical (unpaired) electrons. The Kier molecular flexibility index (Phi) is 4.69. The maximum atomic E-state index is 11.6. The summed E-state index contributed by atoms with van der Waals surface area (Å²) < 4.78 is 0. The van der Waals surface area contributed by atoms with Gasteiger partial charge in [-0.05, 0) is 18.8 Å². The van der Waals surface area contributed by atoms with Crippen LogP contribution in [0.4, 0.5) is 0 Å².